The van der Waals surface area contributed by atoms with E-state index in [0.29, 0.717) is 0 Å². The summed E-state index contributed by atoms with van der Waals surface area (Å²) in [6, 6.07) is 0. The van der Waals surface area contributed by atoms with Crippen LogP contribution in [0.2, 0.25) is 0 Å². The Labute approximate surface area is 80.0 Å². The van der Waals surface area contributed by atoms with Crippen molar-refractivity contribution < 1.29 is 0 Å². The predicted octanol–water partition coefficient (Wildman–Crippen LogP) is 1.05. The van der Waals surface area contributed by atoms with Crippen LogP contribution >= 0.6 is 0 Å². The number of fused-ring (bicyclic) bond motifs is 1. The minimum Gasteiger partial charge on any atom is -0.370 e. The molecule has 0 aromatic heterocycles. The maximum absolute atomic E-state index is 5.81. The van der Waals surface area contributed by atoms with Crippen LogP contribution in [0.4, 0.5) is 0 Å². The van der Waals surface area contributed by atoms with Crippen LogP contribution < -0.4 is 5.73 Å². The van der Waals surface area contributed by atoms with Crippen LogP contribution in [0.5, 0.6) is 0 Å². The molecule has 1 aliphatic heterocycles. The molecule has 3 heteroatoms. The van der Waals surface area contributed by atoms with Gasteiger partial charge in [0.25, 0.3) is 0 Å². The smallest absolute Gasteiger partial charge is 0.190 e. The molecule has 0 unspecified atom stereocenters. The average Bonchev–Trinajstić information content (AvgIpc) is 2.59. The van der Waals surface area contributed by atoms with Gasteiger partial charge in [0, 0.05) is 20.1 Å². The fraction of sp³-hybridized carbons (Fsp3) is 0.900. The fourth-order valence-electron chi connectivity index (χ4n) is 2.73. The van der Waals surface area contributed by atoms with Crippen LogP contribution in [0.15, 0.2) is 4.99 Å². The lowest BCUT2D eigenvalue weighted by Gasteiger charge is -2.22. The van der Waals surface area contributed by atoms with E-state index in [-0.39, 0.29) is 0 Å². The Morgan fingerprint density at radius 1 is 1.23 bits per heavy atom. The molecule has 0 amide bonds. The van der Waals surface area contributed by atoms with E-state index in [1.165, 1.54) is 25.7 Å². The van der Waals surface area contributed by atoms with Gasteiger partial charge < -0.3 is 10.6 Å². The summed E-state index contributed by atoms with van der Waals surface area (Å²) in [4.78, 5) is 6.30. The van der Waals surface area contributed by atoms with E-state index in [0.717, 1.165) is 30.9 Å². The first-order valence-corrected chi connectivity index (χ1v) is 5.28. The maximum Gasteiger partial charge on any atom is 0.190 e. The van der Waals surface area contributed by atoms with Crippen LogP contribution in [0, 0.1) is 11.8 Å². The van der Waals surface area contributed by atoms with Crippen molar-refractivity contribution in [1.82, 2.24) is 4.90 Å². The maximum atomic E-state index is 5.81. The molecule has 2 atom stereocenters. The quantitative estimate of drug-likeness (QED) is 0.448. The Kier molecular flexibility index (Phi) is 2.42. The molecule has 0 bridgehead atoms. The second kappa shape index (κ2) is 3.56. The molecule has 0 aromatic carbocycles. The van der Waals surface area contributed by atoms with Crippen molar-refractivity contribution in [2.45, 2.75) is 25.7 Å². The Balaban J connectivity index is 1.98. The van der Waals surface area contributed by atoms with Gasteiger partial charge in [0.1, 0.15) is 0 Å². The predicted molar refractivity (Wildman–Crippen MR) is 54.6 cm³/mol. The van der Waals surface area contributed by atoms with Gasteiger partial charge in [-0.3, -0.25) is 4.99 Å². The Morgan fingerprint density at radius 3 is 2.23 bits per heavy atom. The lowest BCUT2D eigenvalue weighted by Crippen LogP contribution is -2.35. The van der Waals surface area contributed by atoms with Crippen LogP contribution in [0.1, 0.15) is 25.7 Å². The third-order valence-corrected chi connectivity index (χ3v) is 3.53. The summed E-state index contributed by atoms with van der Waals surface area (Å²) >= 11 is 0. The lowest BCUT2D eigenvalue weighted by atomic mass is 9.82. The highest BCUT2D eigenvalue weighted by Gasteiger charge is 2.34. The summed E-state index contributed by atoms with van der Waals surface area (Å²) in [5.41, 5.74) is 5.81. The van der Waals surface area contributed by atoms with Crippen LogP contribution in [-0.4, -0.2) is 31.0 Å². The molecule has 0 spiro atoms. The minimum absolute atomic E-state index is 0.731. The summed E-state index contributed by atoms with van der Waals surface area (Å²) in [7, 11) is 1.78. The number of guanidine groups is 1. The molecular weight excluding hydrogens is 162 g/mol. The van der Waals surface area contributed by atoms with Crippen molar-refractivity contribution >= 4 is 5.96 Å². The zero-order valence-corrected chi connectivity index (χ0v) is 8.37. The van der Waals surface area contributed by atoms with E-state index in [1.807, 2.05) is 0 Å². The van der Waals surface area contributed by atoms with Crippen molar-refractivity contribution in [3.63, 3.8) is 0 Å². The van der Waals surface area contributed by atoms with E-state index in [1.54, 1.807) is 7.05 Å². The van der Waals surface area contributed by atoms with E-state index < -0.39 is 0 Å². The van der Waals surface area contributed by atoms with E-state index >= 15 is 0 Å². The van der Waals surface area contributed by atoms with E-state index in [2.05, 4.69) is 9.89 Å². The molecule has 1 aliphatic carbocycles. The van der Waals surface area contributed by atoms with Crippen molar-refractivity contribution in [2.24, 2.45) is 22.6 Å². The summed E-state index contributed by atoms with van der Waals surface area (Å²) in [6.45, 7) is 2.29. The summed E-state index contributed by atoms with van der Waals surface area (Å²) in [5, 5.41) is 0. The van der Waals surface area contributed by atoms with Gasteiger partial charge in [0.2, 0.25) is 0 Å². The third-order valence-electron chi connectivity index (χ3n) is 3.53. The van der Waals surface area contributed by atoms with Crippen molar-refractivity contribution in [2.75, 3.05) is 20.1 Å². The normalized spacial score (nSPS) is 34.8. The highest BCUT2D eigenvalue weighted by Crippen LogP contribution is 2.35. The molecule has 2 aliphatic rings. The van der Waals surface area contributed by atoms with Gasteiger partial charge in [-0.2, -0.15) is 0 Å². The number of hydrogen-bond acceptors (Lipinski definition) is 1. The highest BCUT2D eigenvalue weighted by atomic mass is 15.3. The van der Waals surface area contributed by atoms with E-state index in [9.17, 15) is 0 Å². The number of aliphatic imine (C=N–C) groups is 1. The number of rotatable bonds is 0. The molecule has 1 saturated carbocycles. The second-order valence-electron chi connectivity index (χ2n) is 4.29. The van der Waals surface area contributed by atoms with Gasteiger partial charge in [-0.15, -0.1) is 0 Å². The van der Waals surface area contributed by atoms with Gasteiger partial charge in [-0.1, -0.05) is 12.8 Å². The molecule has 0 radical (unpaired) electrons. The monoisotopic (exact) mass is 181 g/mol. The molecule has 1 saturated heterocycles. The Bertz CT molecular complexity index is 198. The lowest BCUT2D eigenvalue weighted by molar-refractivity contribution is 0.299. The first kappa shape index (κ1) is 8.85. The molecule has 2 N–H and O–H groups in total. The van der Waals surface area contributed by atoms with Crippen molar-refractivity contribution in [3.05, 3.63) is 0 Å². The van der Waals surface area contributed by atoms with Crippen molar-refractivity contribution in [1.29, 1.82) is 0 Å². The average molecular weight is 181 g/mol. The standard InChI is InChI=1S/C10H19N3/c1-12-10(11)13-6-8-4-2-3-5-9(8)7-13/h8-9H,2-7H2,1H3,(H2,11,12)/t8-,9+. The first-order chi connectivity index (χ1) is 6.31. The molecule has 2 rings (SSSR count). The number of hydrogen-bond donors (Lipinski definition) is 1. The van der Waals surface area contributed by atoms with Crippen LogP contribution in [0.25, 0.3) is 0 Å². The second-order valence-corrected chi connectivity index (χ2v) is 4.29. The van der Waals surface area contributed by atoms with Gasteiger partial charge in [-0.05, 0) is 24.7 Å². The SMILES string of the molecule is CN=C(N)N1C[C@H]2CCCC[C@H]2C1. The first-order valence-electron chi connectivity index (χ1n) is 5.28. The molecule has 74 valence electrons. The molecule has 1 heterocycles. The van der Waals surface area contributed by atoms with Crippen LogP contribution in [0.3, 0.4) is 0 Å². The summed E-state index contributed by atoms with van der Waals surface area (Å²) < 4.78 is 0. The minimum atomic E-state index is 0.731. The van der Waals surface area contributed by atoms with E-state index in [4.69, 9.17) is 5.73 Å². The third kappa shape index (κ3) is 1.64. The number of likely N-dealkylation sites (tertiary alicyclic amines) is 1. The van der Waals surface area contributed by atoms with Crippen molar-refractivity contribution in [3.8, 4) is 0 Å². The summed E-state index contributed by atoms with van der Waals surface area (Å²) in [6.07, 6.45) is 5.63. The topological polar surface area (TPSA) is 41.6 Å². The van der Waals surface area contributed by atoms with Gasteiger partial charge >= 0.3 is 0 Å². The zero-order valence-electron chi connectivity index (χ0n) is 8.37. The van der Waals surface area contributed by atoms with Gasteiger partial charge in [0.05, 0.1) is 0 Å². The number of nitrogens with two attached hydrogens (primary N) is 1. The largest absolute Gasteiger partial charge is 0.370 e. The highest BCUT2D eigenvalue weighted by molar-refractivity contribution is 5.78. The van der Waals surface area contributed by atoms with Gasteiger partial charge in [-0.25, -0.2) is 0 Å². The van der Waals surface area contributed by atoms with Crippen LogP contribution in [-0.2, 0) is 0 Å². The zero-order chi connectivity index (χ0) is 9.26. The Morgan fingerprint density at radius 2 is 1.77 bits per heavy atom. The van der Waals surface area contributed by atoms with Gasteiger partial charge in [0.15, 0.2) is 5.96 Å². The number of nitrogens with zero attached hydrogens (tertiary/aromatic N) is 2. The fourth-order valence-corrected chi connectivity index (χ4v) is 2.73. The molecule has 2 fully saturated rings. The Hall–Kier alpha value is -0.730. The molecule has 3 nitrogen and oxygen atoms in total. The molecular formula is C10H19N3. The molecule has 13 heavy (non-hydrogen) atoms. The molecule has 0 aromatic rings. The summed E-state index contributed by atoms with van der Waals surface area (Å²) in [5.74, 6) is 2.53.